The van der Waals surface area contributed by atoms with Crippen molar-refractivity contribution in [3.05, 3.63) is 34.1 Å². The van der Waals surface area contributed by atoms with E-state index in [1.807, 2.05) is 6.92 Å². The summed E-state index contributed by atoms with van der Waals surface area (Å²) in [5, 5.41) is 10.0. The fourth-order valence-corrected chi connectivity index (χ4v) is 2.79. The molecule has 1 aliphatic heterocycles. The second-order valence-electron chi connectivity index (χ2n) is 4.76. The summed E-state index contributed by atoms with van der Waals surface area (Å²) in [6.45, 7) is 2.70. The molecule has 1 aromatic carbocycles. The van der Waals surface area contributed by atoms with E-state index in [0.29, 0.717) is 29.5 Å². The Labute approximate surface area is 114 Å². The molecular weight excluding hydrogens is 301 g/mol. The minimum Gasteiger partial charge on any atom is -0.386 e. The highest BCUT2D eigenvalue weighted by molar-refractivity contribution is 9.10. The van der Waals surface area contributed by atoms with E-state index in [1.54, 1.807) is 4.90 Å². The number of amides is 1. The molecule has 0 radical (unpaired) electrons. The van der Waals surface area contributed by atoms with E-state index in [9.17, 15) is 14.3 Å². The molecule has 1 fully saturated rings. The van der Waals surface area contributed by atoms with Gasteiger partial charge in [0.15, 0.2) is 0 Å². The van der Waals surface area contributed by atoms with Gasteiger partial charge in [-0.3, -0.25) is 4.79 Å². The summed E-state index contributed by atoms with van der Waals surface area (Å²) in [5.41, 5.74) is -0.313. The van der Waals surface area contributed by atoms with Gasteiger partial charge in [-0.2, -0.15) is 0 Å². The SMILES string of the molecule is CCCC1(O)CN(C(=O)c2ccc(F)cc2Br)C1. The van der Waals surface area contributed by atoms with Gasteiger partial charge in [0, 0.05) is 4.47 Å². The van der Waals surface area contributed by atoms with Gasteiger partial charge in [0.05, 0.1) is 24.3 Å². The fraction of sp³-hybridized carbons (Fsp3) is 0.462. The van der Waals surface area contributed by atoms with Crippen LogP contribution in [-0.2, 0) is 0 Å². The molecule has 0 atom stereocenters. The van der Waals surface area contributed by atoms with E-state index >= 15 is 0 Å². The van der Waals surface area contributed by atoms with Crippen LogP contribution in [0.5, 0.6) is 0 Å². The lowest BCUT2D eigenvalue weighted by Crippen LogP contribution is -2.63. The van der Waals surface area contributed by atoms with Crippen molar-refractivity contribution in [1.29, 1.82) is 0 Å². The number of hydrogen-bond acceptors (Lipinski definition) is 2. The highest BCUT2D eigenvalue weighted by Gasteiger charge is 2.43. The summed E-state index contributed by atoms with van der Waals surface area (Å²) in [7, 11) is 0. The number of nitrogens with zero attached hydrogens (tertiary/aromatic N) is 1. The first-order chi connectivity index (χ1) is 8.45. The van der Waals surface area contributed by atoms with E-state index in [0.717, 1.165) is 6.42 Å². The zero-order valence-electron chi connectivity index (χ0n) is 10.1. The van der Waals surface area contributed by atoms with Gasteiger partial charge in [0.25, 0.3) is 5.91 Å². The van der Waals surface area contributed by atoms with Gasteiger partial charge in [-0.25, -0.2) is 4.39 Å². The molecule has 5 heteroatoms. The van der Waals surface area contributed by atoms with Crippen molar-refractivity contribution in [2.75, 3.05) is 13.1 Å². The maximum absolute atomic E-state index is 12.9. The molecule has 1 aliphatic rings. The molecule has 0 saturated carbocycles. The fourth-order valence-electron chi connectivity index (χ4n) is 2.26. The first kappa shape index (κ1) is 13.5. The van der Waals surface area contributed by atoms with Gasteiger partial charge in [0.2, 0.25) is 0 Å². The van der Waals surface area contributed by atoms with Crippen LogP contribution in [0.25, 0.3) is 0 Å². The van der Waals surface area contributed by atoms with Crippen LogP contribution >= 0.6 is 15.9 Å². The normalized spacial score (nSPS) is 17.4. The van der Waals surface area contributed by atoms with Gasteiger partial charge in [0.1, 0.15) is 5.82 Å². The molecule has 0 spiro atoms. The lowest BCUT2D eigenvalue weighted by Gasteiger charge is -2.46. The lowest BCUT2D eigenvalue weighted by atomic mass is 9.89. The van der Waals surface area contributed by atoms with Crippen molar-refractivity contribution >= 4 is 21.8 Å². The molecule has 0 bridgehead atoms. The predicted molar refractivity (Wildman–Crippen MR) is 69.9 cm³/mol. The van der Waals surface area contributed by atoms with E-state index in [-0.39, 0.29) is 11.7 Å². The maximum atomic E-state index is 12.9. The topological polar surface area (TPSA) is 40.5 Å². The van der Waals surface area contributed by atoms with Crippen molar-refractivity contribution < 1.29 is 14.3 Å². The Morgan fingerprint density at radius 2 is 2.22 bits per heavy atom. The van der Waals surface area contributed by atoms with Crippen molar-refractivity contribution in [3.63, 3.8) is 0 Å². The molecule has 0 aromatic heterocycles. The number of likely N-dealkylation sites (tertiary alicyclic amines) is 1. The third-order valence-electron chi connectivity index (χ3n) is 3.13. The number of benzene rings is 1. The second-order valence-corrected chi connectivity index (χ2v) is 5.61. The third kappa shape index (κ3) is 2.57. The van der Waals surface area contributed by atoms with Crippen LogP contribution in [0.4, 0.5) is 4.39 Å². The average molecular weight is 316 g/mol. The van der Waals surface area contributed by atoms with Crippen LogP contribution in [0, 0.1) is 5.82 Å². The molecule has 2 rings (SSSR count). The monoisotopic (exact) mass is 315 g/mol. The highest BCUT2D eigenvalue weighted by atomic mass is 79.9. The summed E-state index contributed by atoms with van der Waals surface area (Å²) < 4.78 is 13.4. The second kappa shape index (κ2) is 4.97. The third-order valence-corrected chi connectivity index (χ3v) is 3.79. The van der Waals surface area contributed by atoms with Crippen LogP contribution in [0.1, 0.15) is 30.1 Å². The first-order valence-electron chi connectivity index (χ1n) is 5.92. The van der Waals surface area contributed by atoms with Gasteiger partial charge < -0.3 is 10.0 Å². The molecule has 1 N–H and O–H groups in total. The molecule has 0 unspecified atom stereocenters. The van der Waals surface area contributed by atoms with E-state index in [4.69, 9.17) is 0 Å². The highest BCUT2D eigenvalue weighted by Crippen LogP contribution is 2.29. The number of halogens is 2. The molecule has 1 aromatic rings. The number of aliphatic hydroxyl groups is 1. The zero-order valence-corrected chi connectivity index (χ0v) is 11.7. The molecular formula is C13H15BrFNO2. The van der Waals surface area contributed by atoms with Crippen molar-refractivity contribution in [3.8, 4) is 0 Å². The zero-order chi connectivity index (χ0) is 13.3. The minimum atomic E-state index is -0.739. The molecule has 1 saturated heterocycles. The van der Waals surface area contributed by atoms with Crippen molar-refractivity contribution in [2.45, 2.75) is 25.4 Å². The maximum Gasteiger partial charge on any atom is 0.255 e. The number of carbonyl (C=O) groups excluding carboxylic acids is 1. The smallest absolute Gasteiger partial charge is 0.255 e. The summed E-state index contributed by atoms with van der Waals surface area (Å²) >= 11 is 3.18. The summed E-state index contributed by atoms with van der Waals surface area (Å²) in [5.74, 6) is -0.563. The Morgan fingerprint density at radius 1 is 1.56 bits per heavy atom. The summed E-state index contributed by atoms with van der Waals surface area (Å²) in [4.78, 5) is 13.7. The Hall–Kier alpha value is -0.940. The first-order valence-corrected chi connectivity index (χ1v) is 6.71. The largest absolute Gasteiger partial charge is 0.386 e. The number of hydrogen-bond donors (Lipinski definition) is 1. The van der Waals surface area contributed by atoms with E-state index < -0.39 is 5.60 Å². The van der Waals surface area contributed by atoms with Gasteiger partial charge >= 0.3 is 0 Å². The predicted octanol–water partition coefficient (Wildman–Crippen LogP) is 2.58. The van der Waals surface area contributed by atoms with Crippen LogP contribution in [-0.4, -0.2) is 34.6 Å². The molecule has 98 valence electrons. The van der Waals surface area contributed by atoms with Gasteiger partial charge in [-0.15, -0.1) is 0 Å². The Balaban J connectivity index is 2.06. The number of carbonyl (C=O) groups is 1. The Bertz CT molecular complexity index is 472. The van der Waals surface area contributed by atoms with Crippen molar-refractivity contribution in [1.82, 2.24) is 4.90 Å². The molecule has 1 heterocycles. The Morgan fingerprint density at radius 3 is 2.78 bits per heavy atom. The van der Waals surface area contributed by atoms with E-state index in [1.165, 1.54) is 18.2 Å². The lowest BCUT2D eigenvalue weighted by molar-refractivity contribution is -0.0860. The van der Waals surface area contributed by atoms with Crippen LogP contribution in [0.15, 0.2) is 22.7 Å². The average Bonchev–Trinajstić information content (AvgIpc) is 2.25. The quantitative estimate of drug-likeness (QED) is 0.931. The number of β-amino-alcohol motifs (C(OH)–C–C–N with tert-alkyl or cyclic N) is 1. The van der Waals surface area contributed by atoms with E-state index in [2.05, 4.69) is 15.9 Å². The molecule has 3 nitrogen and oxygen atoms in total. The molecule has 0 aliphatic carbocycles. The summed E-state index contributed by atoms with van der Waals surface area (Å²) in [6.07, 6.45) is 1.58. The molecule has 1 amide bonds. The minimum absolute atomic E-state index is 0.178. The summed E-state index contributed by atoms with van der Waals surface area (Å²) in [6, 6.07) is 3.99. The van der Waals surface area contributed by atoms with Crippen LogP contribution in [0.3, 0.4) is 0 Å². The van der Waals surface area contributed by atoms with Crippen molar-refractivity contribution in [2.24, 2.45) is 0 Å². The van der Waals surface area contributed by atoms with Crippen LogP contribution < -0.4 is 0 Å². The van der Waals surface area contributed by atoms with Gasteiger partial charge in [-0.05, 0) is 40.5 Å². The van der Waals surface area contributed by atoms with Gasteiger partial charge in [-0.1, -0.05) is 13.3 Å². The Kier molecular flexibility index (Phi) is 3.73. The van der Waals surface area contributed by atoms with Crippen LogP contribution in [0.2, 0.25) is 0 Å². The number of rotatable bonds is 3. The standard InChI is InChI=1S/C13H15BrFNO2/c1-2-5-13(18)7-16(8-13)12(17)10-4-3-9(15)6-11(10)14/h3-4,6,18H,2,5,7-8H2,1H3. The molecule has 18 heavy (non-hydrogen) atoms.